The molecule has 1 spiro atoms. The smallest absolute Gasteiger partial charge is 0.304 e. The Bertz CT molecular complexity index is 1060. The molecule has 1 heterocycles. The molecule has 4 aliphatic carbocycles. The van der Waals surface area contributed by atoms with Gasteiger partial charge < -0.3 is 4.74 Å². The summed E-state index contributed by atoms with van der Waals surface area (Å²) in [5.41, 5.74) is 0.245. The normalized spacial score (nSPS) is 38.3. The summed E-state index contributed by atoms with van der Waals surface area (Å²) < 4.78 is 47.9. The quantitative estimate of drug-likeness (QED) is 0.715. The van der Waals surface area contributed by atoms with Crippen LogP contribution in [0.5, 0.6) is 5.75 Å². The van der Waals surface area contributed by atoms with Crippen LogP contribution in [0.15, 0.2) is 12.1 Å². The number of ether oxygens (including phenoxy) is 1. The summed E-state index contributed by atoms with van der Waals surface area (Å²) >= 11 is 6.29. The number of rotatable bonds is 6. The second-order valence-corrected chi connectivity index (χ2v) is 12.0. The molecule has 0 radical (unpaired) electrons. The fourth-order valence-electron chi connectivity index (χ4n) is 7.45. The average molecular weight is 455 g/mol. The molecular formula is C21H24ClFN2O4S. The van der Waals surface area contributed by atoms with Crippen molar-refractivity contribution >= 4 is 27.7 Å². The maximum absolute atomic E-state index is 14.6. The number of amides is 1. The number of carbonyl (C=O) groups is 1. The summed E-state index contributed by atoms with van der Waals surface area (Å²) in [7, 11) is -3.95. The summed E-state index contributed by atoms with van der Waals surface area (Å²) in [6.07, 6.45) is 7.16. The van der Waals surface area contributed by atoms with Gasteiger partial charge in [-0.15, -0.1) is 0 Å². The first-order valence-corrected chi connectivity index (χ1v) is 12.5. The van der Waals surface area contributed by atoms with Crippen molar-refractivity contribution in [3.8, 4) is 5.75 Å². The zero-order valence-electron chi connectivity index (χ0n) is 16.5. The van der Waals surface area contributed by atoms with E-state index in [1.54, 1.807) is 0 Å². The highest BCUT2D eigenvalue weighted by atomic mass is 35.5. The van der Waals surface area contributed by atoms with E-state index in [4.69, 9.17) is 16.3 Å². The van der Waals surface area contributed by atoms with Crippen molar-refractivity contribution in [3.05, 3.63) is 28.5 Å². The summed E-state index contributed by atoms with van der Waals surface area (Å²) in [5.74, 6) is 0.817. The SMILES string of the molecule is O=C(NS(=O)(=O)N1CCC1)c1cc(Cl)c(OCC23CC4CC5CC(C2)C53C4)cc1F. The average Bonchev–Trinajstić information content (AvgIpc) is 3.08. The van der Waals surface area contributed by atoms with Crippen LogP contribution in [0.3, 0.4) is 0 Å². The van der Waals surface area contributed by atoms with E-state index in [1.807, 2.05) is 4.72 Å². The molecule has 0 aromatic heterocycles. The number of benzene rings is 1. The number of carbonyl (C=O) groups excluding carboxylic acids is 1. The van der Waals surface area contributed by atoms with Crippen LogP contribution in [-0.4, -0.2) is 38.3 Å². The van der Waals surface area contributed by atoms with Gasteiger partial charge >= 0.3 is 10.2 Å². The highest BCUT2D eigenvalue weighted by molar-refractivity contribution is 7.87. The molecule has 1 amide bonds. The van der Waals surface area contributed by atoms with Crippen LogP contribution < -0.4 is 9.46 Å². The lowest BCUT2D eigenvalue weighted by Gasteiger charge is -2.72. The van der Waals surface area contributed by atoms with Crippen molar-refractivity contribution in [2.75, 3.05) is 19.7 Å². The van der Waals surface area contributed by atoms with Gasteiger partial charge in [-0.05, 0) is 67.8 Å². The highest BCUT2D eigenvalue weighted by Gasteiger charge is 2.80. The Morgan fingerprint density at radius 1 is 1.23 bits per heavy atom. The first kappa shape index (κ1) is 19.3. The van der Waals surface area contributed by atoms with Gasteiger partial charge in [-0.25, -0.2) is 9.11 Å². The molecule has 162 valence electrons. The lowest BCUT2D eigenvalue weighted by Crippen LogP contribution is -2.68. The van der Waals surface area contributed by atoms with Crippen molar-refractivity contribution in [1.29, 1.82) is 0 Å². The summed E-state index contributed by atoms with van der Waals surface area (Å²) in [5, 5.41) is 0.112. The van der Waals surface area contributed by atoms with Crippen LogP contribution in [0.1, 0.15) is 48.9 Å². The van der Waals surface area contributed by atoms with Gasteiger partial charge in [0, 0.05) is 24.6 Å². The number of nitrogens with zero attached hydrogens (tertiary/aromatic N) is 1. The Kier molecular flexibility index (Phi) is 3.93. The second-order valence-electron chi connectivity index (χ2n) is 9.90. The minimum Gasteiger partial charge on any atom is -0.491 e. The van der Waals surface area contributed by atoms with Gasteiger partial charge in [0.15, 0.2) is 0 Å². The number of halogens is 2. The second kappa shape index (κ2) is 6.11. The Morgan fingerprint density at radius 3 is 2.70 bits per heavy atom. The van der Waals surface area contributed by atoms with Gasteiger partial charge in [-0.2, -0.15) is 12.7 Å². The fraction of sp³-hybridized carbons (Fsp3) is 0.667. The van der Waals surface area contributed by atoms with Gasteiger partial charge in [-0.1, -0.05) is 11.6 Å². The topological polar surface area (TPSA) is 75.7 Å². The molecule has 9 heteroatoms. The molecule has 4 saturated carbocycles. The van der Waals surface area contributed by atoms with Crippen molar-refractivity contribution in [2.45, 2.75) is 38.5 Å². The van der Waals surface area contributed by atoms with Crippen molar-refractivity contribution in [3.63, 3.8) is 0 Å². The Labute approximate surface area is 180 Å². The van der Waals surface area contributed by atoms with Crippen LogP contribution in [-0.2, 0) is 10.2 Å². The van der Waals surface area contributed by atoms with Crippen molar-refractivity contribution in [2.24, 2.45) is 28.6 Å². The van der Waals surface area contributed by atoms with E-state index in [1.165, 1.54) is 32.1 Å². The maximum atomic E-state index is 14.6. The number of hydrogen-bond donors (Lipinski definition) is 1. The molecule has 1 N–H and O–H groups in total. The molecule has 5 unspecified atom stereocenters. The highest BCUT2D eigenvalue weighted by Crippen LogP contribution is 2.86. The van der Waals surface area contributed by atoms with Gasteiger partial charge in [-0.3, -0.25) is 4.79 Å². The largest absolute Gasteiger partial charge is 0.491 e. The summed E-state index contributed by atoms with van der Waals surface area (Å²) in [6.45, 7) is 1.24. The van der Waals surface area contributed by atoms with E-state index in [9.17, 15) is 17.6 Å². The molecule has 1 aliphatic heterocycles. The lowest BCUT2D eigenvalue weighted by atomic mass is 9.32. The minimum absolute atomic E-state index is 0.112. The van der Waals surface area contributed by atoms with Gasteiger partial charge in [0.25, 0.3) is 5.91 Å². The van der Waals surface area contributed by atoms with Crippen LogP contribution in [0, 0.1) is 34.4 Å². The lowest BCUT2D eigenvalue weighted by molar-refractivity contribution is -0.254. The molecule has 5 fully saturated rings. The van der Waals surface area contributed by atoms with Crippen molar-refractivity contribution < 1.29 is 22.3 Å². The third kappa shape index (κ3) is 2.38. The van der Waals surface area contributed by atoms with E-state index >= 15 is 0 Å². The fourth-order valence-corrected chi connectivity index (χ4v) is 8.88. The van der Waals surface area contributed by atoms with E-state index < -0.39 is 27.5 Å². The van der Waals surface area contributed by atoms with Crippen molar-refractivity contribution in [1.82, 2.24) is 9.03 Å². The standard InChI is InChI=1S/C21H24ClFN2O4S/c22-16-6-15(19(26)24-30(27,28)25-2-1-3-25)17(23)7-18(16)29-11-20-8-12-4-13-5-14(10-20)21(13,20)9-12/h6-7,12-14H,1-5,8-11H2,(H,24,26). The minimum atomic E-state index is -3.95. The molecular weight excluding hydrogens is 431 g/mol. The molecule has 1 saturated heterocycles. The predicted molar refractivity (Wildman–Crippen MR) is 108 cm³/mol. The zero-order chi connectivity index (χ0) is 20.9. The van der Waals surface area contributed by atoms with E-state index in [2.05, 4.69) is 0 Å². The molecule has 1 aromatic rings. The monoisotopic (exact) mass is 454 g/mol. The number of hydrogen-bond acceptors (Lipinski definition) is 4. The van der Waals surface area contributed by atoms with E-state index in [-0.39, 0.29) is 16.2 Å². The van der Waals surface area contributed by atoms with Crippen LogP contribution >= 0.6 is 11.6 Å². The Hall–Kier alpha value is -1.38. The molecule has 5 atom stereocenters. The summed E-state index contributed by atoms with van der Waals surface area (Å²) in [6, 6.07) is 2.25. The maximum Gasteiger partial charge on any atom is 0.304 e. The molecule has 6 rings (SSSR count). The van der Waals surface area contributed by atoms with E-state index in [0.717, 1.165) is 40.6 Å². The van der Waals surface area contributed by atoms with Crippen LogP contribution in [0.25, 0.3) is 0 Å². The van der Waals surface area contributed by atoms with Crippen LogP contribution in [0.4, 0.5) is 4.39 Å². The third-order valence-corrected chi connectivity index (χ3v) is 10.5. The molecule has 2 bridgehead atoms. The zero-order valence-corrected chi connectivity index (χ0v) is 18.1. The third-order valence-electron chi connectivity index (χ3n) is 8.72. The molecule has 6 nitrogen and oxygen atoms in total. The first-order chi connectivity index (χ1) is 14.2. The molecule has 1 aromatic carbocycles. The summed E-state index contributed by atoms with van der Waals surface area (Å²) in [4.78, 5) is 12.3. The molecule has 30 heavy (non-hydrogen) atoms. The first-order valence-electron chi connectivity index (χ1n) is 10.7. The van der Waals surface area contributed by atoms with Crippen LogP contribution in [0.2, 0.25) is 5.02 Å². The van der Waals surface area contributed by atoms with E-state index in [0.29, 0.717) is 25.1 Å². The Morgan fingerprint density at radius 2 is 2.03 bits per heavy atom. The number of nitrogens with one attached hydrogen (secondary N) is 1. The van der Waals surface area contributed by atoms with Gasteiger partial charge in [0.1, 0.15) is 11.6 Å². The Balaban J connectivity index is 1.17. The van der Waals surface area contributed by atoms with Gasteiger partial charge in [0.05, 0.1) is 17.2 Å². The number of fused-ring (bicyclic) bond motifs is 1. The molecule has 5 aliphatic rings. The van der Waals surface area contributed by atoms with Gasteiger partial charge in [0.2, 0.25) is 0 Å². The predicted octanol–water partition coefficient (Wildman–Crippen LogP) is 3.36.